The zero-order valence-corrected chi connectivity index (χ0v) is 16.4. The Morgan fingerprint density at radius 1 is 1.24 bits per heavy atom. The van der Waals surface area contributed by atoms with Crippen LogP contribution in [0.5, 0.6) is 5.75 Å². The summed E-state index contributed by atoms with van der Waals surface area (Å²) in [5.74, 6) is 1.36. The molecule has 0 saturated heterocycles. The molecule has 4 rings (SSSR count). The minimum atomic E-state index is -0.320. The number of aryl methyl sites for hydroxylation is 1. The first-order valence-electron chi connectivity index (χ1n) is 9.19. The molecule has 0 atom stereocenters. The van der Waals surface area contributed by atoms with E-state index in [1.54, 1.807) is 13.3 Å². The molecule has 4 aromatic rings. The fourth-order valence-corrected chi connectivity index (χ4v) is 3.14. The van der Waals surface area contributed by atoms with E-state index in [-0.39, 0.29) is 11.4 Å². The first-order chi connectivity index (χ1) is 14.1. The Morgan fingerprint density at radius 3 is 2.86 bits per heavy atom. The summed E-state index contributed by atoms with van der Waals surface area (Å²) in [5, 5.41) is 11.8. The van der Waals surface area contributed by atoms with Gasteiger partial charge in [-0.25, -0.2) is 14.6 Å². The van der Waals surface area contributed by atoms with Crippen LogP contribution in [0.2, 0.25) is 0 Å². The topological polar surface area (TPSA) is 110 Å². The Bertz CT molecular complexity index is 1230. The van der Waals surface area contributed by atoms with Gasteiger partial charge in [0.25, 0.3) is 5.56 Å². The highest BCUT2D eigenvalue weighted by molar-refractivity contribution is 5.85. The molecule has 0 aliphatic rings. The van der Waals surface area contributed by atoms with E-state index in [9.17, 15) is 4.79 Å². The first kappa shape index (κ1) is 18.5. The highest BCUT2D eigenvalue weighted by Crippen LogP contribution is 2.31. The van der Waals surface area contributed by atoms with Gasteiger partial charge < -0.3 is 20.4 Å². The lowest BCUT2D eigenvalue weighted by molar-refractivity contribution is 0.412. The molecule has 0 bridgehead atoms. The van der Waals surface area contributed by atoms with Crippen molar-refractivity contribution in [3.63, 3.8) is 0 Å². The summed E-state index contributed by atoms with van der Waals surface area (Å²) in [6, 6.07) is 7.72. The Hall–Kier alpha value is -3.88. The van der Waals surface area contributed by atoms with E-state index in [0.717, 1.165) is 34.5 Å². The van der Waals surface area contributed by atoms with Crippen LogP contribution in [0.15, 0.2) is 47.7 Å². The van der Waals surface area contributed by atoms with Gasteiger partial charge in [-0.3, -0.25) is 4.79 Å². The Balaban J connectivity index is 1.81. The molecule has 3 heterocycles. The van der Waals surface area contributed by atoms with Gasteiger partial charge in [-0.2, -0.15) is 5.10 Å². The molecule has 9 nitrogen and oxygen atoms in total. The lowest BCUT2D eigenvalue weighted by atomic mass is 10.2. The number of aromatic amines is 1. The molecule has 0 spiro atoms. The van der Waals surface area contributed by atoms with Gasteiger partial charge in [0.05, 0.1) is 18.3 Å². The summed E-state index contributed by atoms with van der Waals surface area (Å²) in [5.41, 5.74) is 3.13. The molecule has 1 aromatic carbocycles. The smallest absolute Gasteiger partial charge is 0.291 e. The normalized spacial score (nSPS) is 10.9. The van der Waals surface area contributed by atoms with Gasteiger partial charge in [0.2, 0.25) is 0 Å². The van der Waals surface area contributed by atoms with Crippen LogP contribution in [0, 0.1) is 6.92 Å². The maximum absolute atomic E-state index is 11.9. The molecule has 0 radical (unpaired) electrons. The molecule has 0 amide bonds. The number of hydrogen-bond donors (Lipinski definition) is 3. The zero-order valence-electron chi connectivity index (χ0n) is 16.4. The number of hydrogen-bond acceptors (Lipinski definition) is 7. The van der Waals surface area contributed by atoms with Gasteiger partial charge >= 0.3 is 0 Å². The van der Waals surface area contributed by atoms with Crippen LogP contribution in [0.1, 0.15) is 12.6 Å². The molecular weight excluding hydrogens is 370 g/mol. The Morgan fingerprint density at radius 2 is 2.10 bits per heavy atom. The largest absolute Gasteiger partial charge is 0.494 e. The number of H-pyrrole nitrogens is 1. The van der Waals surface area contributed by atoms with E-state index in [1.807, 2.05) is 42.8 Å². The molecule has 0 aliphatic heterocycles. The van der Waals surface area contributed by atoms with Crippen LogP contribution in [0.3, 0.4) is 0 Å². The van der Waals surface area contributed by atoms with Gasteiger partial charge in [-0.1, -0.05) is 0 Å². The Kier molecular flexibility index (Phi) is 4.86. The SMILES string of the molecule is CCNc1ccc(-n2nc(C)c3cnc(Nc4ncc[nH]c4=O)cc32)c(OC)c1. The molecule has 9 heteroatoms. The van der Waals surface area contributed by atoms with Gasteiger partial charge in [-0.15, -0.1) is 0 Å². The van der Waals surface area contributed by atoms with Crippen molar-refractivity contribution in [3.8, 4) is 11.4 Å². The van der Waals surface area contributed by atoms with E-state index >= 15 is 0 Å². The van der Waals surface area contributed by atoms with Gasteiger partial charge in [0.15, 0.2) is 5.82 Å². The number of aromatic nitrogens is 5. The molecule has 0 aliphatic carbocycles. The fraction of sp³-hybridized carbons (Fsp3) is 0.200. The number of benzene rings is 1. The van der Waals surface area contributed by atoms with E-state index in [2.05, 4.69) is 30.7 Å². The number of nitrogens with zero attached hydrogens (tertiary/aromatic N) is 4. The molecular formula is C20H21N7O2. The summed E-state index contributed by atoms with van der Waals surface area (Å²) in [4.78, 5) is 22.9. The average Bonchev–Trinajstić information content (AvgIpc) is 3.05. The summed E-state index contributed by atoms with van der Waals surface area (Å²) in [6.45, 7) is 4.79. The number of rotatable bonds is 6. The average molecular weight is 391 g/mol. The van der Waals surface area contributed by atoms with Crippen LogP contribution in [0.25, 0.3) is 16.6 Å². The number of methoxy groups -OCH3 is 1. The minimum Gasteiger partial charge on any atom is -0.494 e. The van der Waals surface area contributed by atoms with Gasteiger partial charge in [0, 0.05) is 48.3 Å². The predicted molar refractivity (Wildman–Crippen MR) is 112 cm³/mol. The second kappa shape index (κ2) is 7.63. The highest BCUT2D eigenvalue weighted by Gasteiger charge is 2.15. The van der Waals surface area contributed by atoms with Crippen LogP contribution in [-0.4, -0.2) is 38.4 Å². The third kappa shape index (κ3) is 3.49. The molecule has 0 saturated carbocycles. The summed E-state index contributed by atoms with van der Waals surface area (Å²) < 4.78 is 7.41. The number of ether oxygens (including phenoxy) is 1. The first-order valence-corrected chi connectivity index (χ1v) is 9.19. The number of fused-ring (bicyclic) bond motifs is 1. The van der Waals surface area contributed by atoms with Crippen molar-refractivity contribution in [3.05, 3.63) is 58.9 Å². The molecule has 0 unspecified atom stereocenters. The van der Waals surface area contributed by atoms with Crippen LogP contribution >= 0.6 is 0 Å². The lowest BCUT2D eigenvalue weighted by Crippen LogP contribution is -2.12. The van der Waals surface area contributed by atoms with Crippen molar-refractivity contribution in [1.82, 2.24) is 24.7 Å². The second-order valence-corrected chi connectivity index (χ2v) is 6.39. The van der Waals surface area contributed by atoms with E-state index in [1.165, 1.54) is 12.4 Å². The van der Waals surface area contributed by atoms with Crippen LogP contribution in [-0.2, 0) is 0 Å². The van der Waals surface area contributed by atoms with Crippen molar-refractivity contribution >= 4 is 28.2 Å². The van der Waals surface area contributed by atoms with E-state index in [4.69, 9.17) is 4.74 Å². The quantitative estimate of drug-likeness (QED) is 0.463. The van der Waals surface area contributed by atoms with Crippen LogP contribution < -0.4 is 20.9 Å². The zero-order chi connectivity index (χ0) is 20.4. The summed E-state index contributed by atoms with van der Waals surface area (Å²) in [6.07, 6.45) is 4.71. The molecule has 3 N–H and O–H groups in total. The number of nitrogens with one attached hydrogen (secondary N) is 3. The van der Waals surface area contributed by atoms with Gasteiger partial charge in [-0.05, 0) is 26.0 Å². The summed E-state index contributed by atoms with van der Waals surface area (Å²) in [7, 11) is 1.63. The fourth-order valence-electron chi connectivity index (χ4n) is 3.14. The Labute approximate surface area is 166 Å². The van der Waals surface area contributed by atoms with Crippen molar-refractivity contribution in [2.75, 3.05) is 24.3 Å². The maximum Gasteiger partial charge on any atom is 0.291 e. The molecule has 148 valence electrons. The summed E-state index contributed by atoms with van der Waals surface area (Å²) >= 11 is 0. The maximum atomic E-state index is 11.9. The van der Waals surface area contributed by atoms with E-state index in [0.29, 0.717) is 11.6 Å². The van der Waals surface area contributed by atoms with Crippen LogP contribution in [0.4, 0.5) is 17.3 Å². The second-order valence-electron chi connectivity index (χ2n) is 6.39. The van der Waals surface area contributed by atoms with Crippen molar-refractivity contribution < 1.29 is 4.74 Å². The van der Waals surface area contributed by atoms with Crippen molar-refractivity contribution in [1.29, 1.82) is 0 Å². The number of anilines is 3. The predicted octanol–water partition coefficient (Wildman–Crippen LogP) is 3.00. The monoisotopic (exact) mass is 391 g/mol. The molecule has 0 fully saturated rings. The number of pyridine rings is 1. The van der Waals surface area contributed by atoms with Crippen molar-refractivity contribution in [2.45, 2.75) is 13.8 Å². The highest BCUT2D eigenvalue weighted by atomic mass is 16.5. The van der Waals surface area contributed by atoms with Crippen molar-refractivity contribution in [2.24, 2.45) is 0 Å². The van der Waals surface area contributed by atoms with E-state index < -0.39 is 0 Å². The lowest BCUT2D eigenvalue weighted by Gasteiger charge is -2.12. The molecule has 29 heavy (non-hydrogen) atoms. The molecule has 3 aromatic heterocycles. The standard InChI is InChI=1S/C20H21N7O2/c1-4-21-13-5-6-15(17(9-13)29-3)27-16-10-18(24-11-14(16)12(2)26-27)25-19-20(28)23-8-7-22-19/h5-11,21H,4H2,1-3H3,(H,23,28)(H,22,24,25). The third-order valence-electron chi connectivity index (χ3n) is 4.49. The third-order valence-corrected chi connectivity index (χ3v) is 4.49. The minimum absolute atomic E-state index is 0.176. The van der Waals surface area contributed by atoms with Gasteiger partial charge in [0.1, 0.15) is 17.3 Å².